The molecule has 2 fully saturated rings. The molecule has 0 saturated carbocycles. The summed E-state index contributed by atoms with van der Waals surface area (Å²) in [6.07, 6.45) is 0.555. The van der Waals surface area contributed by atoms with Crippen molar-refractivity contribution in [3.63, 3.8) is 0 Å². The summed E-state index contributed by atoms with van der Waals surface area (Å²) in [5.74, 6) is 1.16. The SMILES string of the molecule is COc1ccc(CN(Cc2ccc(OC)cc2)S(=O)(=O)c2c(S(N)(=O)=O)ccc(N3CCC4(CCN(C(=O)OC(C)(C)C)CC4)C3=O)c2-c2nnn(Cc3ccc(OC)cc3)n2)cc1. The van der Waals surface area contributed by atoms with Gasteiger partial charge in [-0.3, -0.25) is 4.79 Å². The predicted octanol–water partition coefficient (Wildman–Crippen LogP) is 5.21. The highest BCUT2D eigenvalue weighted by molar-refractivity contribution is 7.92. The molecule has 340 valence electrons. The third-order valence-electron chi connectivity index (χ3n) is 11.4. The molecule has 2 saturated heterocycles. The molecule has 0 radical (unpaired) electrons. The fraction of sp³-hybridized carbons (Fsp3) is 0.386. The monoisotopic (exact) mass is 916 g/mol. The zero-order valence-corrected chi connectivity index (χ0v) is 38.2. The third kappa shape index (κ3) is 9.84. The van der Waals surface area contributed by atoms with E-state index in [4.69, 9.17) is 24.1 Å². The topological polar surface area (TPSA) is 219 Å². The molecule has 2 aliphatic rings. The van der Waals surface area contributed by atoms with Gasteiger partial charge in [0.2, 0.25) is 31.8 Å². The predicted molar refractivity (Wildman–Crippen MR) is 236 cm³/mol. The van der Waals surface area contributed by atoms with Crippen molar-refractivity contribution in [3.8, 4) is 28.6 Å². The van der Waals surface area contributed by atoms with Gasteiger partial charge >= 0.3 is 6.09 Å². The Balaban J connectivity index is 1.37. The second-order valence-electron chi connectivity index (χ2n) is 16.7. The van der Waals surface area contributed by atoms with Gasteiger partial charge in [0.1, 0.15) is 32.6 Å². The van der Waals surface area contributed by atoms with Crippen LogP contribution >= 0.6 is 0 Å². The zero-order valence-electron chi connectivity index (χ0n) is 36.6. The van der Waals surface area contributed by atoms with Gasteiger partial charge in [-0.25, -0.2) is 26.8 Å². The molecule has 3 heterocycles. The van der Waals surface area contributed by atoms with Gasteiger partial charge in [0.25, 0.3) is 0 Å². The molecule has 1 aromatic heterocycles. The van der Waals surface area contributed by atoms with Crippen molar-refractivity contribution in [2.75, 3.05) is 45.9 Å². The van der Waals surface area contributed by atoms with E-state index >= 15 is 8.42 Å². The summed E-state index contributed by atoms with van der Waals surface area (Å²) in [6.45, 7) is 5.69. The average Bonchev–Trinajstić information content (AvgIpc) is 3.86. The van der Waals surface area contributed by atoms with Crippen LogP contribution in [0.4, 0.5) is 10.5 Å². The molecule has 1 spiro atoms. The maximum absolute atomic E-state index is 15.7. The van der Waals surface area contributed by atoms with E-state index in [1.165, 1.54) is 30.0 Å². The quantitative estimate of drug-likeness (QED) is 0.152. The number of amides is 2. The zero-order chi connectivity index (χ0) is 46.0. The number of piperidine rings is 1. The first-order chi connectivity index (χ1) is 30.3. The Morgan fingerprint density at radius 3 is 1.73 bits per heavy atom. The number of aromatic nitrogens is 4. The number of benzene rings is 4. The van der Waals surface area contributed by atoms with Gasteiger partial charge in [-0.2, -0.15) is 9.10 Å². The highest BCUT2D eigenvalue weighted by atomic mass is 32.2. The second kappa shape index (κ2) is 18.2. The number of nitrogens with two attached hydrogens (primary N) is 1. The molecule has 7 rings (SSSR count). The first-order valence-electron chi connectivity index (χ1n) is 20.5. The number of carbonyl (C=O) groups is 2. The van der Waals surface area contributed by atoms with E-state index in [0.29, 0.717) is 47.6 Å². The van der Waals surface area contributed by atoms with Gasteiger partial charge in [-0.15, -0.1) is 10.2 Å². The molecule has 18 nitrogen and oxygen atoms in total. The fourth-order valence-corrected chi connectivity index (χ4v) is 10.9. The van der Waals surface area contributed by atoms with Crippen molar-refractivity contribution in [1.29, 1.82) is 0 Å². The number of likely N-dealkylation sites (tertiary alicyclic amines) is 1. The van der Waals surface area contributed by atoms with Crippen LogP contribution in [-0.4, -0.2) is 105 Å². The van der Waals surface area contributed by atoms with Crippen LogP contribution in [-0.2, 0) is 49.2 Å². The molecule has 64 heavy (non-hydrogen) atoms. The van der Waals surface area contributed by atoms with Crippen molar-refractivity contribution in [3.05, 3.63) is 102 Å². The summed E-state index contributed by atoms with van der Waals surface area (Å²) >= 11 is 0. The minimum Gasteiger partial charge on any atom is -0.497 e. The highest BCUT2D eigenvalue weighted by Gasteiger charge is 2.51. The Kier molecular flexibility index (Phi) is 13.0. The number of carbonyl (C=O) groups excluding carboxylic acids is 2. The van der Waals surface area contributed by atoms with E-state index in [1.54, 1.807) is 106 Å². The molecule has 20 heteroatoms. The highest BCUT2D eigenvalue weighted by Crippen LogP contribution is 2.47. The van der Waals surface area contributed by atoms with Crippen molar-refractivity contribution < 1.29 is 45.4 Å². The molecular weight excluding hydrogens is 865 g/mol. The molecule has 2 aliphatic heterocycles. The van der Waals surface area contributed by atoms with Gasteiger partial charge in [0.05, 0.1) is 44.5 Å². The van der Waals surface area contributed by atoms with Crippen LogP contribution in [0.1, 0.15) is 56.7 Å². The lowest BCUT2D eigenvalue weighted by molar-refractivity contribution is -0.128. The van der Waals surface area contributed by atoms with Crippen LogP contribution in [0.2, 0.25) is 0 Å². The van der Waals surface area contributed by atoms with Gasteiger partial charge in [0.15, 0.2) is 0 Å². The first kappa shape index (κ1) is 45.9. The Morgan fingerprint density at radius 2 is 1.25 bits per heavy atom. The average molecular weight is 917 g/mol. The maximum atomic E-state index is 15.7. The standard InChI is InChI=1S/C44H52N8O10S2/c1-43(2,3)62-42(54)49-24-21-44(22-25-49)23-26-51(41(44)53)36-19-20-37(63(45,55)56)39(38(36)40-46-48-52(47-40)29-32-11-17-35(61-6)18-12-32)64(57,58)50(27-30-7-13-33(59-4)14-8-30)28-31-9-15-34(60-5)16-10-31/h7-20H,21-29H2,1-6H3,(H2,45,55,56). The number of hydrogen-bond donors (Lipinski definition) is 1. The van der Waals surface area contributed by atoms with Crippen LogP contribution in [0.5, 0.6) is 17.2 Å². The van der Waals surface area contributed by atoms with Crippen LogP contribution in [0.25, 0.3) is 11.4 Å². The second-order valence-corrected chi connectivity index (χ2v) is 20.2. The number of tetrazole rings is 1. The number of sulfonamides is 2. The Hall–Kier alpha value is -6.09. The fourth-order valence-electron chi connectivity index (χ4n) is 7.96. The minimum atomic E-state index is -4.93. The third-order valence-corrected chi connectivity index (χ3v) is 14.3. The number of nitrogens with zero attached hydrogens (tertiary/aromatic N) is 7. The first-order valence-corrected chi connectivity index (χ1v) is 23.5. The van der Waals surface area contributed by atoms with Crippen LogP contribution in [0, 0.1) is 5.41 Å². The number of methoxy groups -OCH3 is 3. The molecule has 4 aromatic carbocycles. The molecule has 0 bridgehead atoms. The van der Waals surface area contributed by atoms with Crippen molar-refractivity contribution in [2.45, 2.75) is 75.1 Å². The van der Waals surface area contributed by atoms with E-state index in [9.17, 15) is 18.0 Å². The molecule has 0 atom stereocenters. The van der Waals surface area contributed by atoms with Gasteiger partial charge in [-0.1, -0.05) is 36.4 Å². The lowest BCUT2D eigenvalue weighted by atomic mass is 9.77. The van der Waals surface area contributed by atoms with Crippen LogP contribution in [0.3, 0.4) is 0 Å². The van der Waals surface area contributed by atoms with E-state index < -0.39 is 46.9 Å². The number of anilines is 1. The van der Waals surface area contributed by atoms with Gasteiger partial charge < -0.3 is 28.7 Å². The van der Waals surface area contributed by atoms with Crippen molar-refractivity contribution in [1.82, 2.24) is 29.4 Å². The van der Waals surface area contributed by atoms with Crippen LogP contribution < -0.4 is 24.2 Å². The number of ether oxygens (including phenoxy) is 4. The normalized spacial score (nSPS) is 15.5. The number of rotatable bonds is 14. The lowest BCUT2D eigenvalue weighted by Gasteiger charge is -2.38. The van der Waals surface area contributed by atoms with E-state index in [0.717, 1.165) is 15.9 Å². The maximum Gasteiger partial charge on any atom is 0.410 e. The molecule has 2 N–H and O–H groups in total. The molecule has 5 aromatic rings. The Bertz CT molecular complexity index is 2660. The van der Waals surface area contributed by atoms with Crippen molar-refractivity contribution in [2.24, 2.45) is 10.6 Å². The van der Waals surface area contributed by atoms with E-state index in [-0.39, 0.29) is 62.3 Å². The Morgan fingerprint density at radius 1 is 0.750 bits per heavy atom. The molecule has 0 unspecified atom stereocenters. The van der Waals surface area contributed by atoms with Gasteiger partial charge in [-0.05, 0) is 110 Å². The smallest absolute Gasteiger partial charge is 0.410 e. The summed E-state index contributed by atoms with van der Waals surface area (Å²) in [7, 11) is -5.14. The number of hydrogen-bond acceptors (Lipinski definition) is 13. The van der Waals surface area contributed by atoms with E-state index in [1.807, 2.05) is 0 Å². The summed E-state index contributed by atoms with van der Waals surface area (Å²) in [4.78, 5) is 30.6. The van der Waals surface area contributed by atoms with Crippen molar-refractivity contribution >= 4 is 37.7 Å². The summed E-state index contributed by atoms with van der Waals surface area (Å²) in [5, 5.41) is 19.1. The summed E-state index contributed by atoms with van der Waals surface area (Å²) in [6, 6.07) is 23.2. The summed E-state index contributed by atoms with van der Waals surface area (Å²) in [5.41, 5.74) is 0.0697. The Labute approximate surface area is 372 Å². The van der Waals surface area contributed by atoms with Crippen LogP contribution in [0.15, 0.2) is 94.7 Å². The van der Waals surface area contributed by atoms with E-state index in [2.05, 4.69) is 15.4 Å². The molecule has 2 amide bonds. The largest absolute Gasteiger partial charge is 0.497 e. The molecule has 0 aliphatic carbocycles. The van der Waals surface area contributed by atoms with Gasteiger partial charge in [0, 0.05) is 32.7 Å². The summed E-state index contributed by atoms with van der Waals surface area (Å²) < 4.78 is 81.3. The lowest BCUT2D eigenvalue weighted by Crippen LogP contribution is -2.48. The molecular formula is C44H52N8O10S2. The number of primary sulfonamides is 1. The minimum absolute atomic E-state index is 0.0558.